The Morgan fingerprint density at radius 1 is 1.60 bits per heavy atom. The average molecular weight is 174 g/mol. The SMILES string of the molecule is C=C(C=O)C1(C)SCCS1. The van der Waals surface area contributed by atoms with Crippen LogP contribution >= 0.6 is 23.5 Å². The highest BCUT2D eigenvalue weighted by molar-refractivity contribution is 8.21. The molecule has 0 spiro atoms. The van der Waals surface area contributed by atoms with Gasteiger partial charge in [-0.05, 0) is 6.92 Å². The molecule has 1 rings (SSSR count). The standard InChI is InChI=1S/C7H10OS2/c1-6(5-8)7(2)9-3-4-10-7/h5H,1,3-4H2,2H3. The van der Waals surface area contributed by atoms with Gasteiger partial charge in [-0.15, -0.1) is 23.5 Å². The molecule has 0 aromatic carbocycles. The summed E-state index contributed by atoms with van der Waals surface area (Å²) in [6.45, 7) is 5.78. The summed E-state index contributed by atoms with van der Waals surface area (Å²) in [6, 6.07) is 0. The topological polar surface area (TPSA) is 17.1 Å². The van der Waals surface area contributed by atoms with Crippen molar-refractivity contribution in [2.24, 2.45) is 0 Å². The molecule has 10 heavy (non-hydrogen) atoms. The predicted molar refractivity (Wildman–Crippen MR) is 48.5 cm³/mol. The van der Waals surface area contributed by atoms with E-state index in [0.717, 1.165) is 17.8 Å². The zero-order valence-corrected chi connectivity index (χ0v) is 7.56. The lowest BCUT2D eigenvalue weighted by molar-refractivity contribution is -0.105. The van der Waals surface area contributed by atoms with Crippen LogP contribution in [-0.2, 0) is 4.79 Å². The normalized spacial score (nSPS) is 22.5. The van der Waals surface area contributed by atoms with E-state index in [9.17, 15) is 4.79 Å². The molecule has 0 radical (unpaired) electrons. The fraction of sp³-hybridized carbons (Fsp3) is 0.571. The van der Waals surface area contributed by atoms with Gasteiger partial charge in [0.1, 0.15) is 6.29 Å². The molecule has 56 valence electrons. The number of hydrogen-bond acceptors (Lipinski definition) is 3. The molecule has 1 aliphatic heterocycles. The van der Waals surface area contributed by atoms with E-state index in [1.807, 2.05) is 23.5 Å². The van der Waals surface area contributed by atoms with E-state index in [1.54, 1.807) is 0 Å². The molecule has 0 amide bonds. The van der Waals surface area contributed by atoms with Crippen molar-refractivity contribution in [1.82, 2.24) is 0 Å². The number of aldehydes is 1. The first-order valence-electron chi connectivity index (χ1n) is 3.11. The van der Waals surface area contributed by atoms with Crippen molar-refractivity contribution in [2.45, 2.75) is 11.0 Å². The Bertz CT molecular complexity index is 159. The summed E-state index contributed by atoms with van der Waals surface area (Å²) in [5.41, 5.74) is 0.708. The number of rotatable bonds is 2. The molecule has 0 N–H and O–H groups in total. The molecule has 3 heteroatoms. The molecule has 1 saturated heterocycles. The minimum Gasteiger partial charge on any atom is -0.298 e. The number of hydrogen-bond donors (Lipinski definition) is 0. The van der Waals surface area contributed by atoms with Crippen molar-refractivity contribution in [3.8, 4) is 0 Å². The van der Waals surface area contributed by atoms with Gasteiger partial charge >= 0.3 is 0 Å². The third-order valence-electron chi connectivity index (χ3n) is 1.56. The third-order valence-corrected chi connectivity index (χ3v) is 4.97. The van der Waals surface area contributed by atoms with E-state index in [2.05, 4.69) is 13.5 Å². The van der Waals surface area contributed by atoms with Gasteiger partial charge in [0.2, 0.25) is 0 Å². The Labute approximate surface area is 69.6 Å². The van der Waals surface area contributed by atoms with Gasteiger partial charge in [0.05, 0.1) is 4.08 Å². The highest BCUT2D eigenvalue weighted by Gasteiger charge is 2.32. The molecular formula is C7H10OS2. The number of thioether (sulfide) groups is 2. The Balaban J connectivity index is 2.66. The fourth-order valence-electron chi connectivity index (χ4n) is 0.807. The first-order valence-corrected chi connectivity index (χ1v) is 5.08. The van der Waals surface area contributed by atoms with Gasteiger partial charge in [-0.2, -0.15) is 0 Å². The monoisotopic (exact) mass is 174 g/mol. The predicted octanol–water partition coefficient (Wildman–Crippen LogP) is 1.94. The average Bonchev–Trinajstić information content (AvgIpc) is 2.36. The lowest BCUT2D eigenvalue weighted by Crippen LogP contribution is -2.14. The van der Waals surface area contributed by atoms with Crippen LogP contribution in [0.2, 0.25) is 0 Å². The maximum absolute atomic E-state index is 10.4. The van der Waals surface area contributed by atoms with Crippen LogP contribution in [0.5, 0.6) is 0 Å². The van der Waals surface area contributed by atoms with Gasteiger partial charge in [0.15, 0.2) is 0 Å². The first-order chi connectivity index (χ1) is 4.69. The summed E-state index contributed by atoms with van der Waals surface area (Å²) in [6.07, 6.45) is 0.866. The minimum atomic E-state index is -0.0260. The Hall–Kier alpha value is 0.110. The summed E-state index contributed by atoms with van der Waals surface area (Å²) in [7, 11) is 0. The van der Waals surface area contributed by atoms with Gasteiger partial charge in [-0.3, -0.25) is 4.79 Å². The van der Waals surface area contributed by atoms with Crippen molar-refractivity contribution in [3.05, 3.63) is 12.2 Å². The maximum atomic E-state index is 10.4. The van der Waals surface area contributed by atoms with Gasteiger partial charge < -0.3 is 0 Å². The molecular weight excluding hydrogens is 164 g/mol. The Kier molecular flexibility index (Phi) is 2.47. The summed E-state index contributed by atoms with van der Waals surface area (Å²) < 4.78 is -0.0260. The second-order valence-corrected chi connectivity index (χ2v) is 5.57. The Morgan fingerprint density at radius 3 is 2.50 bits per heavy atom. The molecule has 0 aliphatic carbocycles. The Morgan fingerprint density at radius 2 is 2.10 bits per heavy atom. The van der Waals surface area contributed by atoms with Gasteiger partial charge in [-0.1, -0.05) is 6.58 Å². The minimum absolute atomic E-state index is 0.0260. The summed E-state index contributed by atoms with van der Waals surface area (Å²) in [5, 5.41) is 0. The van der Waals surface area contributed by atoms with E-state index >= 15 is 0 Å². The van der Waals surface area contributed by atoms with Crippen molar-refractivity contribution in [2.75, 3.05) is 11.5 Å². The summed E-state index contributed by atoms with van der Waals surface area (Å²) in [5.74, 6) is 2.27. The van der Waals surface area contributed by atoms with Crippen LogP contribution in [0.1, 0.15) is 6.92 Å². The molecule has 0 bridgehead atoms. The van der Waals surface area contributed by atoms with E-state index < -0.39 is 0 Å². The second-order valence-electron chi connectivity index (χ2n) is 2.29. The summed E-state index contributed by atoms with van der Waals surface area (Å²) >= 11 is 3.62. The second kappa shape index (κ2) is 3.01. The van der Waals surface area contributed by atoms with Crippen LogP contribution < -0.4 is 0 Å². The van der Waals surface area contributed by atoms with Gasteiger partial charge in [0, 0.05) is 17.1 Å². The lowest BCUT2D eigenvalue weighted by Gasteiger charge is -2.19. The van der Waals surface area contributed by atoms with Gasteiger partial charge in [-0.25, -0.2) is 0 Å². The third kappa shape index (κ3) is 1.40. The molecule has 0 aromatic heterocycles. The zero-order valence-electron chi connectivity index (χ0n) is 5.92. The van der Waals surface area contributed by atoms with Crippen LogP contribution in [0, 0.1) is 0 Å². The van der Waals surface area contributed by atoms with Gasteiger partial charge in [0.25, 0.3) is 0 Å². The number of carbonyl (C=O) groups excluding carboxylic acids is 1. The van der Waals surface area contributed by atoms with Crippen molar-refractivity contribution < 1.29 is 4.79 Å². The lowest BCUT2D eigenvalue weighted by atomic mass is 10.2. The number of carbonyl (C=O) groups is 1. The largest absolute Gasteiger partial charge is 0.298 e. The van der Waals surface area contributed by atoms with Crippen LogP contribution in [0.4, 0.5) is 0 Å². The molecule has 1 heterocycles. The molecule has 1 fully saturated rings. The van der Waals surface area contributed by atoms with E-state index in [0.29, 0.717) is 5.57 Å². The smallest absolute Gasteiger partial charge is 0.147 e. The molecule has 1 aliphatic rings. The highest BCUT2D eigenvalue weighted by atomic mass is 32.2. The van der Waals surface area contributed by atoms with E-state index in [-0.39, 0.29) is 4.08 Å². The summed E-state index contributed by atoms with van der Waals surface area (Å²) in [4.78, 5) is 10.4. The molecule has 1 nitrogen and oxygen atoms in total. The van der Waals surface area contributed by atoms with Crippen molar-refractivity contribution in [3.63, 3.8) is 0 Å². The highest BCUT2D eigenvalue weighted by Crippen LogP contribution is 2.47. The maximum Gasteiger partial charge on any atom is 0.147 e. The van der Waals surface area contributed by atoms with Crippen LogP contribution in [0.25, 0.3) is 0 Å². The zero-order chi connectivity index (χ0) is 7.61. The van der Waals surface area contributed by atoms with E-state index in [4.69, 9.17) is 0 Å². The van der Waals surface area contributed by atoms with Crippen molar-refractivity contribution >= 4 is 29.8 Å². The molecule has 0 unspecified atom stereocenters. The quantitative estimate of drug-likeness (QED) is 0.470. The van der Waals surface area contributed by atoms with E-state index in [1.165, 1.54) is 0 Å². The van der Waals surface area contributed by atoms with Crippen LogP contribution in [-0.4, -0.2) is 21.9 Å². The first kappa shape index (κ1) is 8.21. The fourth-order valence-corrected chi connectivity index (χ4v) is 3.55. The molecule has 0 saturated carbocycles. The molecule has 0 aromatic rings. The van der Waals surface area contributed by atoms with Crippen LogP contribution in [0.15, 0.2) is 12.2 Å². The van der Waals surface area contributed by atoms with Crippen molar-refractivity contribution in [1.29, 1.82) is 0 Å². The van der Waals surface area contributed by atoms with Crippen LogP contribution in [0.3, 0.4) is 0 Å². The molecule has 0 atom stereocenters.